The Kier molecular flexibility index (Phi) is 3.87. The average Bonchev–Trinajstić information content (AvgIpc) is 3.25. The van der Waals surface area contributed by atoms with Crippen molar-refractivity contribution in [2.75, 3.05) is 0 Å². The lowest BCUT2D eigenvalue weighted by atomic mass is 10.1. The summed E-state index contributed by atoms with van der Waals surface area (Å²) in [5.74, 6) is -0.618. The molecule has 0 amide bonds. The Balaban J connectivity index is 1.65. The molecule has 0 bridgehead atoms. The second-order valence-electron chi connectivity index (χ2n) is 5.83. The standard InChI is InChI=1S/C18H14F2N4O2/c1-10(16-22-14-4-2-3-5-15(14)24(16)18(19)20)26-17(25)11-6-7-13-12(8-11)9-21-23-13/h2-10,18H,1H3,(H,21,23)/t10-/m1/s1. The maximum atomic E-state index is 13.5. The SMILES string of the molecule is C[C@@H](OC(=O)c1ccc2[nH]ncc2c1)c1nc2ccccc2n1C(F)F. The van der Waals surface area contributed by atoms with Crippen molar-refractivity contribution in [3.63, 3.8) is 0 Å². The zero-order valence-electron chi connectivity index (χ0n) is 13.7. The van der Waals surface area contributed by atoms with E-state index < -0.39 is 18.6 Å². The fourth-order valence-corrected chi connectivity index (χ4v) is 2.91. The Morgan fingerprint density at radius 1 is 1.23 bits per heavy atom. The number of benzene rings is 2. The molecule has 0 fully saturated rings. The fraction of sp³-hybridized carbons (Fsp3) is 0.167. The number of fused-ring (bicyclic) bond motifs is 2. The first-order valence-electron chi connectivity index (χ1n) is 7.93. The molecule has 0 saturated heterocycles. The van der Waals surface area contributed by atoms with Gasteiger partial charge in [-0.15, -0.1) is 0 Å². The van der Waals surface area contributed by atoms with Gasteiger partial charge in [-0.1, -0.05) is 12.1 Å². The summed E-state index contributed by atoms with van der Waals surface area (Å²) in [6.45, 7) is -1.27. The maximum absolute atomic E-state index is 13.5. The van der Waals surface area contributed by atoms with Gasteiger partial charge in [-0.25, -0.2) is 9.78 Å². The molecule has 0 aliphatic carbocycles. The van der Waals surface area contributed by atoms with Gasteiger partial charge in [-0.05, 0) is 37.3 Å². The number of imidazole rings is 1. The highest BCUT2D eigenvalue weighted by Gasteiger charge is 2.24. The summed E-state index contributed by atoms with van der Waals surface area (Å²) in [6, 6.07) is 11.5. The lowest BCUT2D eigenvalue weighted by Gasteiger charge is -2.15. The van der Waals surface area contributed by atoms with Gasteiger partial charge in [0.25, 0.3) is 0 Å². The topological polar surface area (TPSA) is 72.8 Å². The summed E-state index contributed by atoms with van der Waals surface area (Å²) in [5.41, 5.74) is 1.81. The van der Waals surface area contributed by atoms with Crippen LogP contribution < -0.4 is 0 Å². The third-order valence-corrected chi connectivity index (χ3v) is 4.14. The number of hydrogen-bond acceptors (Lipinski definition) is 4. The Hall–Kier alpha value is -3.29. The maximum Gasteiger partial charge on any atom is 0.338 e. The monoisotopic (exact) mass is 356 g/mol. The highest BCUT2D eigenvalue weighted by atomic mass is 19.3. The molecule has 0 spiro atoms. The van der Waals surface area contributed by atoms with Crippen LogP contribution in [0.4, 0.5) is 8.78 Å². The lowest BCUT2D eigenvalue weighted by Crippen LogP contribution is -2.14. The van der Waals surface area contributed by atoms with Crippen LogP contribution in [0.1, 0.15) is 35.8 Å². The molecule has 1 atom stereocenters. The van der Waals surface area contributed by atoms with Gasteiger partial charge in [0.2, 0.25) is 0 Å². The van der Waals surface area contributed by atoms with Crippen LogP contribution >= 0.6 is 0 Å². The first-order chi connectivity index (χ1) is 12.5. The number of para-hydroxylation sites is 2. The van der Waals surface area contributed by atoms with Crippen LogP contribution in [0.3, 0.4) is 0 Å². The van der Waals surface area contributed by atoms with Gasteiger partial charge in [0, 0.05) is 5.39 Å². The highest BCUT2D eigenvalue weighted by molar-refractivity contribution is 5.94. The zero-order chi connectivity index (χ0) is 18.3. The number of halogens is 2. The van der Waals surface area contributed by atoms with Crippen LogP contribution in [-0.4, -0.2) is 25.7 Å². The Labute approximate surface area is 146 Å². The van der Waals surface area contributed by atoms with Gasteiger partial charge in [-0.2, -0.15) is 13.9 Å². The van der Waals surface area contributed by atoms with Crippen molar-refractivity contribution in [1.82, 2.24) is 19.7 Å². The van der Waals surface area contributed by atoms with Crippen LogP contribution in [0.5, 0.6) is 0 Å². The number of aromatic nitrogens is 4. The minimum atomic E-state index is -2.79. The van der Waals surface area contributed by atoms with Crippen LogP contribution in [-0.2, 0) is 4.74 Å². The molecule has 1 N–H and O–H groups in total. The third-order valence-electron chi connectivity index (χ3n) is 4.14. The number of alkyl halides is 2. The summed E-state index contributed by atoms with van der Waals surface area (Å²) in [7, 11) is 0. The van der Waals surface area contributed by atoms with Crippen LogP contribution in [0.25, 0.3) is 21.9 Å². The number of ether oxygens (including phenoxy) is 1. The van der Waals surface area contributed by atoms with E-state index in [9.17, 15) is 13.6 Å². The van der Waals surface area contributed by atoms with Crippen LogP contribution in [0.2, 0.25) is 0 Å². The minimum Gasteiger partial charge on any atom is -0.451 e. The first kappa shape index (κ1) is 16.2. The first-order valence-corrected chi connectivity index (χ1v) is 7.93. The number of nitrogens with zero attached hydrogens (tertiary/aromatic N) is 3. The Bertz CT molecular complexity index is 1100. The molecule has 2 aromatic heterocycles. The molecule has 0 aliphatic heterocycles. The van der Waals surface area contributed by atoms with E-state index in [0.717, 1.165) is 15.5 Å². The smallest absolute Gasteiger partial charge is 0.338 e. The van der Waals surface area contributed by atoms with E-state index in [1.807, 2.05) is 0 Å². The number of rotatable bonds is 4. The number of carbonyl (C=O) groups excluding carboxylic acids is 1. The Morgan fingerprint density at radius 2 is 2.04 bits per heavy atom. The summed E-state index contributed by atoms with van der Waals surface area (Å²) in [5, 5.41) is 7.44. The molecule has 26 heavy (non-hydrogen) atoms. The number of H-pyrrole nitrogens is 1. The third kappa shape index (κ3) is 2.69. The van der Waals surface area contributed by atoms with Crippen molar-refractivity contribution in [2.24, 2.45) is 0 Å². The zero-order valence-corrected chi connectivity index (χ0v) is 13.7. The normalized spacial score (nSPS) is 12.8. The molecule has 132 valence electrons. The van der Waals surface area contributed by atoms with Crippen molar-refractivity contribution in [2.45, 2.75) is 19.6 Å². The molecule has 4 aromatic rings. The quantitative estimate of drug-likeness (QED) is 0.556. The number of hydrogen-bond donors (Lipinski definition) is 1. The van der Waals surface area contributed by atoms with Gasteiger partial charge in [0.05, 0.1) is 28.3 Å². The highest BCUT2D eigenvalue weighted by Crippen LogP contribution is 2.28. The molecule has 0 unspecified atom stereocenters. The summed E-state index contributed by atoms with van der Waals surface area (Å²) >= 11 is 0. The lowest BCUT2D eigenvalue weighted by molar-refractivity contribution is 0.0233. The number of carbonyl (C=O) groups is 1. The summed E-state index contributed by atoms with van der Waals surface area (Å²) in [4.78, 5) is 16.6. The predicted octanol–water partition coefficient (Wildman–Crippen LogP) is 4.23. The van der Waals surface area contributed by atoms with Crippen molar-refractivity contribution in [3.05, 3.63) is 60.0 Å². The van der Waals surface area contributed by atoms with E-state index in [4.69, 9.17) is 4.74 Å². The second-order valence-corrected chi connectivity index (χ2v) is 5.83. The molecule has 0 aliphatic rings. The van der Waals surface area contributed by atoms with E-state index >= 15 is 0 Å². The molecule has 0 saturated carbocycles. The van der Waals surface area contributed by atoms with Crippen LogP contribution in [0.15, 0.2) is 48.7 Å². The number of esters is 1. The van der Waals surface area contributed by atoms with Gasteiger partial charge in [-0.3, -0.25) is 9.67 Å². The summed E-state index contributed by atoms with van der Waals surface area (Å²) < 4.78 is 33.2. The van der Waals surface area contributed by atoms with Crippen molar-refractivity contribution >= 4 is 27.9 Å². The van der Waals surface area contributed by atoms with E-state index in [0.29, 0.717) is 16.6 Å². The van der Waals surface area contributed by atoms with Gasteiger partial charge >= 0.3 is 12.5 Å². The van der Waals surface area contributed by atoms with Gasteiger partial charge < -0.3 is 4.74 Å². The largest absolute Gasteiger partial charge is 0.451 e. The molecule has 0 radical (unpaired) electrons. The van der Waals surface area contributed by atoms with Crippen LogP contribution in [0, 0.1) is 0 Å². The second kappa shape index (κ2) is 6.21. The molecule has 4 rings (SSSR count). The molecule has 6 nitrogen and oxygen atoms in total. The summed E-state index contributed by atoms with van der Waals surface area (Å²) in [6.07, 6.45) is 0.648. The number of nitrogens with one attached hydrogen (secondary N) is 1. The van der Waals surface area contributed by atoms with E-state index in [1.165, 1.54) is 6.92 Å². The fourth-order valence-electron chi connectivity index (χ4n) is 2.91. The predicted molar refractivity (Wildman–Crippen MR) is 90.9 cm³/mol. The molecular formula is C18H14F2N4O2. The van der Waals surface area contributed by atoms with Gasteiger partial charge in [0.15, 0.2) is 11.9 Å². The molecule has 2 heterocycles. The molecular weight excluding hydrogens is 342 g/mol. The minimum absolute atomic E-state index is 0.000982. The van der Waals surface area contributed by atoms with Gasteiger partial charge in [0.1, 0.15) is 0 Å². The molecule has 2 aromatic carbocycles. The van der Waals surface area contributed by atoms with Crippen molar-refractivity contribution in [3.8, 4) is 0 Å². The number of aromatic amines is 1. The van der Waals surface area contributed by atoms with Crippen molar-refractivity contribution in [1.29, 1.82) is 0 Å². The van der Waals surface area contributed by atoms with Crippen molar-refractivity contribution < 1.29 is 18.3 Å². The average molecular weight is 356 g/mol. The van der Waals surface area contributed by atoms with E-state index in [2.05, 4.69) is 15.2 Å². The van der Waals surface area contributed by atoms with E-state index in [-0.39, 0.29) is 5.82 Å². The Morgan fingerprint density at radius 3 is 2.85 bits per heavy atom. The van der Waals surface area contributed by atoms with E-state index in [1.54, 1.807) is 48.7 Å². The molecule has 8 heteroatoms.